The molecule has 1 aromatic rings. The molecule has 1 amide bonds. The van der Waals surface area contributed by atoms with E-state index < -0.39 is 0 Å². The first-order chi connectivity index (χ1) is 7.13. The molecule has 0 saturated heterocycles. The van der Waals surface area contributed by atoms with Gasteiger partial charge in [0.25, 0.3) is 0 Å². The molecule has 0 atom stereocenters. The zero-order valence-corrected chi connectivity index (χ0v) is 9.66. The number of hydrogen-bond donors (Lipinski definition) is 0. The van der Waals surface area contributed by atoms with E-state index in [-0.39, 0.29) is 12.1 Å². The summed E-state index contributed by atoms with van der Waals surface area (Å²) in [6.07, 6.45) is 4.18. The molecule has 0 N–H and O–H groups in total. The van der Waals surface area contributed by atoms with Crippen molar-refractivity contribution in [3.63, 3.8) is 0 Å². The summed E-state index contributed by atoms with van der Waals surface area (Å²) in [5.41, 5.74) is 2.42. The third-order valence-corrected chi connectivity index (χ3v) is 2.90. The van der Waals surface area contributed by atoms with Gasteiger partial charge in [0.05, 0.1) is 6.54 Å². The van der Waals surface area contributed by atoms with Crippen LogP contribution in [0.1, 0.15) is 38.4 Å². The number of carbonyl (C=O) groups is 1. The average Bonchev–Trinajstić information content (AvgIpc) is 2.67. The SMILES string of the molecule is CCCc1cc2n(c1)C(=O)N(C(C)C)C2. The van der Waals surface area contributed by atoms with Crippen LogP contribution in [0.4, 0.5) is 4.79 Å². The highest BCUT2D eigenvalue weighted by Gasteiger charge is 2.28. The molecule has 0 radical (unpaired) electrons. The second-order valence-corrected chi connectivity index (χ2v) is 4.46. The number of hydrogen-bond acceptors (Lipinski definition) is 1. The molecular formula is C12H18N2O. The van der Waals surface area contributed by atoms with Gasteiger partial charge in [0.2, 0.25) is 0 Å². The highest BCUT2D eigenvalue weighted by atomic mass is 16.2. The van der Waals surface area contributed by atoms with E-state index in [0.29, 0.717) is 0 Å². The lowest BCUT2D eigenvalue weighted by Crippen LogP contribution is -2.32. The summed E-state index contributed by atoms with van der Waals surface area (Å²) in [6, 6.07) is 2.57. The van der Waals surface area contributed by atoms with Crippen LogP contribution in [0.3, 0.4) is 0 Å². The van der Waals surface area contributed by atoms with Crippen molar-refractivity contribution in [3.8, 4) is 0 Å². The average molecular weight is 206 g/mol. The number of nitrogens with zero attached hydrogens (tertiary/aromatic N) is 2. The Kier molecular flexibility index (Phi) is 2.55. The van der Waals surface area contributed by atoms with E-state index >= 15 is 0 Å². The molecule has 0 unspecified atom stereocenters. The second kappa shape index (κ2) is 3.72. The van der Waals surface area contributed by atoms with Gasteiger partial charge < -0.3 is 4.90 Å². The summed E-state index contributed by atoms with van der Waals surface area (Å²) in [6.45, 7) is 7.03. The predicted octanol–water partition coefficient (Wildman–Crippen LogP) is 2.63. The molecule has 1 aliphatic heterocycles. The van der Waals surface area contributed by atoms with E-state index in [1.807, 2.05) is 11.1 Å². The molecule has 82 valence electrons. The molecule has 2 heterocycles. The monoisotopic (exact) mass is 206 g/mol. The van der Waals surface area contributed by atoms with E-state index in [2.05, 4.69) is 26.8 Å². The van der Waals surface area contributed by atoms with E-state index in [0.717, 1.165) is 25.1 Å². The summed E-state index contributed by atoms with van der Waals surface area (Å²) in [5.74, 6) is 0. The van der Waals surface area contributed by atoms with Crippen molar-refractivity contribution in [1.29, 1.82) is 0 Å². The van der Waals surface area contributed by atoms with Gasteiger partial charge in [-0.25, -0.2) is 4.79 Å². The van der Waals surface area contributed by atoms with E-state index in [1.165, 1.54) is 5.56 Å². The summed E-state index contributed by atoms with van der Waals surface area (Å²) >= 11 is 0. The topological polar surface area (TPSA) is 25.2 Å². The Labute approximate surface area is 90.7 Å². The Hall–Kier alpha value is -1.25. The summed E-state index contributed by atoms with van der Waals surface area (Å²) in [5, 5.41) is 0. The quantitative estimate of drug-likeness (QED) is 0.746. The number of amides is 1. The first-order valence-electron chi connectivity index (χ1n) is 5.64. The van der Waals surface area contributed by atoms with Gasteiger partial charge in [-0.1, -0.05) is 13.3 Å². The minimum absolute atomic E-state index is 0.127. The lowest BCUT2D eigenvalue weighted by atomic mass is 10.2. The Bertz CT molecular complexity index is 379. The van der Waals surface area contributed by atoms with Crippen LogP contribution in [0, 0.1) is 0 Å². The Morgan fingerprint density at radius 2 is 2.20 bits per heavy atom. The lowest BCUT2D eigenvalue weighted by molar-refractivity contribution is 0.195. The van der Waals surface area contributed by atoms with E-state index in [9.17, 15) is 4.79 Å². The molecule has 0 aliphatic carbocycles. The Balaban J connectivity index is 2.23. The van der Waals surface area contributed by atoms with Crippen LogP contribution in [0.25, 0.3) is 0 Å². The highest BCUT2D eigenvalue weighted by Crippen LogP contribution is 2.22. The van der Waals surface area contributed by atoms with Gasteiger partial charge in [-0.2, -0.15) is 0 Å². The number of rotatable bonds is 3. The minimum atomic E-state index is 0.127. The number of carbonyl (C=O) groups excluding carboxylic acids is 1. The highest BCUT2D eigenvalue weighted by molar-refractivity contribution is 5.81. The molecule has 0 spiro atoms. The lowest BCUT2D eigenvalue weighted by Gasteiger charge is -2.19. The van der Waals surface area contributed by atoms with Gasteiger partial charge in [0.1, 0.15) is 0 Å². The van der Waals surface area contributed by atoms with Crippen molar-refractivity contribution in [2.75, 3.05) is 0 Å². The minimum Gasteiger partial charge on any atom is -0.316 e. The van der Waals surface area contributed by atoms with Crippen LogP contribution in [-0.2, 0) is 13.0 Å². The maximum Gasteiger partial charge on any atom is 0.329 e. The fraction of sp³-hybridized carbons (Fsp3) is 0.583. The molecule has 15 heavy (non-hydrogen) atoms. The first kappa shape index (κ1) is 10.3. The smallest absolute Gasteiger partial charge is 0.316 e. The molecule has 0 bridgehead atoms. The summed E-state index contributed by atoms with van der Waals surface area (Å²) in [4.78, 5) is 13.8. The van der Waals surface area contributed by atoms with Crippen LogP contribution in [0.2, 0.25) is 0 Å². The number of aromatic nitrogens is 1. The Morgan fingerprint density at radius 3 is 2.73 bits per heavy atom. The third-order valence-electron chi connectivity index (χ3n) is 2.90. The number of aryl methyl sites for hydroxylation is 1. The molecule has 1 aromatic heterocycles. The summed E-state index contributed by atoms with van der Waals surface area (Å²) in [7, 11) is 0. The fourth-order valence-corrected chi connectivity index (χ4v) is 2.08. The van der Waals surface area contributed by atoms with Gasteiger partial charge in [-0.3, -0.25) is 4.57 Å². The normalized spacial score (nSPS) is 15.2. The van der Waals surface area contributed by atoms with E-state index in [4.69, 9.17) is 0 Å². The van der Waals surface area contributed by atoms with Crippen molar-refractivity contribution in [1.82, 2.24) is 9.47 Å². The standard InChI is InChI=1S/C12H18N2O/c1-4-5-10-6-11-8-13(9(2)3)12(15)14(11)7-10/h6-7,9H,4-5,8H2,1-3H3. The van der Waals surface area contributed by atoms with Crippen molar-refractivity contribution in [3.05, 3.63) is 23.5 Å². The van der Waals surface area contributed by atoms with Gasteiger partial charge in [-0.15, -0.1) is 0 Å². The van der Waals surface area contributed by atoms with Crippen LogP contribution in [0.5, 0.6) is 0 Å². The van der Waals surface area contributed by atoms with Gasteiger partial charge in [0.15, 0.2) is 0 Å². The maximum absolute atomic E-state index is 11.9. The van der Waals surface area contributed by atoms with Crippen LogP contribution in [-0.4, -0.2) is 21.5 Å². The molecule has 0 saturated carbocycles. The van der Waals surface area contributed by atoms with Crippen LogP contribution >= 0.6 is 0 Å². The van der Waals surface area contributed by atoms with Gasteiger partial charge in [-0.05, 0) is 31.9 Å². The van der Waals surface area contributed by atoms with Crippen LogP contribution < -0.4 is 0 Å². The summed E-state index contributed by atoms with van der Waals surface area (Å²) < 4.78 is 1.80. The Morgan fingerprint density at radius 1 is 1.47 bits per heavy atom. The molecule has 0 aromatic carbocycles. The van der Waals surface area contributed by atoms with E-state index in [1.54, 1.807) is 4.57 Å². The van der Waals surface area contributed by atoms with Crippen molar-refractivity contribution < 1.29 is 4.79 Å². The van der Waals surface area contributed by atoms with Crippen molar-refractivity contribution in [2.45, 2.75) is 46.2 Å². The maximum atomic E-state index is 11.9. The fourth-order valence-electron chi connectivity index (χ4n) is 2.08. The van der Waals surface area contributed by atoms with Crippen molar-refractivity contribution >= 4 is 6.03 Å². The molecule has 3 heteroatoms. The predicted molar refractivity (Wildman–Crippen MR) is 59.9 cm³/mol. The molecule has 2 rings (SSSR count). The van der Waals surface area contributed by atoms with Gasteiger partial charge in [0, 0.05) is 17.9 Å². The van der Waals surface area contributed by atoms with Gasteiger partial charge >= 0.3 is 6.03 Å². The molecule has 3 nitrogen and oxygen atoms in total. The third kappa shape index (κ3) is 1.66. The first-order valence-corrected chi connectivity index (χ1v) is 5.64. The molecule has 1 aliphatic rings. The van der Waals surface area contributed by atoms with Crippen LogP contribution in [0.15, 0.2) is 12.3 Å². The largest absolute Gasteiger partial charge is 0.329 e. The number of fused-ring (bicyclic) bond motifs is 1. The zero-order chi connectivity index (χ0) is 11.0. The van der Waals surface area contributed by atoms with Crippen molar-refractivity contribution in [2.24, 2.45) is 0 Å². The molecule has 0 fully saturated rings. The zero-order valence-electron chi connectivity index (χ0n) is 9.66. The molecular weight excluding hydrogens is 188 g/mol. The second-order valence-electron chi connectivity index (χ2n) is 4.46.